The summed E-state index contributed by atoms with van der Waals surface area (Å²) in [6, 6.07) is 5.22. The highest BCUT2D eigenvalue weighted by atomic mass is 79.9. The molecule has 0 unspecified atom stereocenters. The van der Waals surface area contributed by atoms with Crippen LogP contribution in [0, 0.1) is 5.82 Å². The monoisotopic (exact) mass is 448 g/mol. The summed E-state index contributed by atoms with van der Waals surface area (Å²) >= 11 is 3.17. The molecular formula is C17H26BrFN4O2S. The van der Waals surface area contributed by atoms with Crippen molar-refractivity contribution in [3.63, 3.8) is 0 Å². The average molecular weight is 449 g/mol. The lowest BCUT2D eigenvalue weighted by Gasteiger charge is -2.36. The summed E-state index contributed by atoms with van der Waals surface area (Å²) in [6.07, 6.45) is 1.22. The quantitative estimate of drug-likeness (QED) is 0.530. The van der Waals surface area contributed by atoms with Gasteiger partial charge in [-0.25, -0.2) is 12.8 Å². The highest BCUT2D eigenvalue weighted by Gasteiger charge is 2.20. The van der Waals surface area contributed by atoms with Crippen molar-refractivity contribution in [3.05, 3.63) is 34.1 Å². The van der Waals surface area contributed by atoms with Crippen LogP contribution >= 0.6 is 15.9 Å². The predicted octanol–water partition coefficient (Wildman–Crippen LogP) is 1.72. The lowest BCUT2D eigenvalue weighted by atomic mass is 10.2. The Morgan fingerprint density at radius 3 is 2.58 bits per heavy atom. The van der Waals surface area contributed by atoms with Crippen molar-refractivity contribution >= 4 is 31.7 Å². The summed E-state index contributed by atoms with van der Waals surface area (Å²) in [5, 5.41) is 3.22. The molecule has 0 amide bonds. The van der Waals surface area contributed by atoms with Gasteiger partial charge in [-0.15, -0.1) is 0 Å². The van der Waals surface area contributed by atoms with Gasteiger partial charge in [0.05, 0.1) is 16.8 Å². The lowest BCUT2D eigenvalue weighted by molar-refractivity contribution is 0.172. The van der Waals surface area contributed by atoms with Gasteiger partial charge in [-0.05, 0) is 40.5 Å². The maximum Gasteiger partial charge on any atom is 0.194 e. The van der Waals surface area contributed by atoms with Gasteiger partial charge >= 0.3 is 0 Å². The molecule has 0 spiro atoms. The number of nitrogens with one attached hydrogen (secondary N) is 1. The molecule has 0 radical (unpaired) electrons. The van der Waals surface area contributed by atoms with Crippen LogP contribution in [0.2, 0.25) is 0 Å². The van der Waals surface area contributed by atoms with E-state index in [4.69, 9.17) is 0 Å². The predicted molar refractivity (Wildman–Crippen MR) is 107 cm³/mol. The maximum absolute atomic E-state index is 13.6. The van der Waals surface area contributed by atoms with Crippen LogP contribution in [-0.4, -0.2) is 75.5 Å². The minimum atomic E-state index is -3.01. The first kappa shape index (κ1) is 21.1. The third-order valence-corrected chi connectivity index (χ3v) is 5.69. The van der Waals surface area contributed by atoms with Crippen LogP contribution in [-0.2, 0) is 16.4 Å². The fourth-order valence-corrected chi connectivity index (χ4v) is 3.43. The first-order valence-electron chi connectivity index (χ1n) is 8.66. The van der Waals surface area contributed by atoms with Gasteiger partial charge in [0.25, 0.3) is 0 Å². The van der Waals surface area contributed by atoms with E-state index >= 15 is 0 Å². The molecule has 1 fully saturated rings. The minimum absolute atomic E-state index is 0.0526. The summed E-state index contributed by atoms with van der Waals surface area (Å²) in [6.45, 7) is 6.97. The van der Waals surface area contributed by atoms with E-state index in [2.05, 4.69) is 36.0 Å². The Morgan fingerprint density at radius 2 is 2.00 bits per heavy atom. The molecule has 0 atom stereocenters. The van der Waals surface area contributed by atoms with Gasteiger partial charge in [0, 0.05) is 45.5 Å². The second-order valence-corrected chi connectivity index (χ2v) is 9.49. The summed E-state index contributed by atoms with van der Waals surface area (Å²) in [4.78, 5) is 8.85. The molecule has 1 aromatic carbocycles. The highest BCUT2D eigenvalue weighted by molar-refractivity contribution is 9.10. The van der Waals surface area contributed by atoms with Crippen molar-refractivity contribution in [2.45, 2.75) is 13.5 Å². The van der Waals surface area contributed by atoms with Crippen molar-refractivity contribution in [3.8, 4) is 0 Å². The van der Waals surface area contributed by atoms with Gasteiger partial charge < -0.3 is 10.2 Å². The molecule has 1 aliphatic rings. The van der Waals surface area contributed by atoms with Crippen molar-refractivity contribution in [2.24, 2.45) is 4.99 Å². The van der Waals surface area contributed by atoms with Crippen LogP contribution in [0.25, 0.3) is 0 Å². The zero-order valence-electron chi connectivity index (χ0n) is 15.2. The number of aliphatic imine (C=N–C) groups is 1. The second kappa shape index (κ2) is 9.66. The number of nitrogens with zero attached hydrogens (tertiary/aromatic N) is 3. The van der Waals surface area contributed by atoms with Crippen molar-refractivity contribution in [1.29, 1.82) is 0 Å². The van der Waals surface area contributed by atoms with Crippen molar-refractivity contribution in [1.82, 2.24) is 15.1 Å². The largest absolute Gasteiger partial charge is 0.357 e. The minimum Gasteiger partial charge on any atom is -0.357 e. The molecule has 26 heavy (non-hydrogen) atoms. The smallest absolute Gasteiger partial charge is 0.194 e. The molecular weight excluding hydrogens is 423 g/mol. The van der Waals surface area contributed by atoms with Crippen LogP contribution in [0.1, 0.15) is 12.5 Å². The van der Waals surface area contributed by atoms with E-state index < -0.39 is 9.84 Å². The standard InChI is InChI=1S/C17H26BrFN4O2S/c1-3-20-17(21-6-11-26(2,24)25)23-9-7-22(8-10-23)13-14-4-5-15(18)16(19)12-14/h4-5,12H,3,6-11,13H2,1-2H3,(H,20,21). The number of guanidine groups is 1. The van der Waals surface area contributed by atoms with Gasteiger partial charge in [-0.3, -0.25) is 9.89 Å². The number of rotatable bonds is 6. The van der Waals surface area contributed by atoms with Crippen LogP contribution in [0.15, 0.2) is 27.7 Å². The van der Waals surface area contributed by atoms with E-state index in [0.717, 1.165) is 44.2 Å². The van der Waals surface area contributed by atoms with Gasteiger partial charge in [-0.1, -0.05) is 6.07 Å². The van der Waals surface area contributed by atoms with Crippen molar-refractivity contribution in [2.75, 3.05) is 51.3 Å². The molecule has 0 saturated carbocycles. The lowest BCUT2D eigenvalue weighted by Crippen LogP contribution is -2.52. The van der Waals surface area contributed by atoms with Gasteiger partial charge in [0.1, 0.15) is 15.7 Å². The van der Waals surface area contributed by atoms with Crippen LogP contribution in [0.4, 0.5) is 4.39 Å². The SMILES string of the molecule is CCNC(=NCCS(C)(=O)=O)N1CCN(Cc2ccc(Br)c(F)c2)CC1. The fraction of sp³-hybridized carbons (Fsp3) is 0.588. The number of sulfone groups is 1. The summed E-state index contributed by atoms with van der Waals surface area (Å²) < 4.78 is 36.7. The average Bonchev–Trinajstić information content (AvgIpc) is 2.57. The van der Waals surface area contributed by atoms with Gasteiger partial charge in [-0.2, -0.15) is 0 Å². The molecule has 0 aliphatic carbocycles. The third kappa shape index (κ3) is 6.85. The number of hydrogen-bond donors (Lipinski definition) is 1. The highest BCUT2D eigenvalue weighted by Crippen LogP contribution is 2.18. The Bertz CT molecular complexity index is 734. The summed E-state index contributed by atoms with van der Waals surface area (Å²) in [5.74, 6) is 0.566. The molecule has 1 aliphatic heterocycles. The third-order valence-electron chi connectivity index (χ3n) is 4.12. The Morgan fingerprint density at radius 1 is 1.31 bits per heavy atom. The Hall–Kier alpha value is -1.19. The molecule has 1 N–H and O–H groups in total. The van der Waals surface area contributed by atoms with E-state index in [9.17, 15) is 12.8 Å². The van der Waals surface area contributed by atoms with E-state index in [-0.39, 0.29) is 18.1 Å². The molecule has 1 saturated heterocycles. The zero-order chi connectivity index (χ0) is 19.2. The van der Waals surface area contributed by atoms with Gasteiger partial charge in [0.2, 0.25) is 0 Å². The Kier molecular flexibility index (Phi) is 7.85. The zero-order valence-corrected chi connectivity index (χ0v) is 17.6. The van der Waals surface area contributed by atoms with E-state index in [1.54, 1.807) is 12.1 Å². The fourth-order valence-electron chi connectivity index (χ4n) is 2.76. The van der Waals surface area contributed by atoms with E-state index in [1.165, 1.54) is 6.26 Å². The molecule has 1 aromatic rings. The van der Waals surface area contributed by atoms with E-state index in [0.29, 0.717) is 11.0 Å². The first-order chi connectivity index (χ1) is 12.3. The van der Waals surface area contributed by atoms with Crippen LogP contribution < -0.4 is 5.32 Å². The number of halogens is 2. The Labute approximate surface area is 163 Å². The number of hydrogen-bond acceptors (Lipinski definition) is 4. The number of piperazine rings is 1. The molecule has 6 nitrogen and oxygen atoms in total. The number of benzene rings is 1. The molecule has 9 heteroatoms. The molecule has 2 rings (SSSR count). The first-order valence-corrected chi connectivity index (χ1v) is 11.5. The van der Waals surface area contributed by atoms with Crippen LogP contribution in [0.3, 0.4) is 0 Å². The van der Waals surface area contributed by atoms with E-state index in [1.807, 2.05) is 13.0 Å². The molecule has 1 heterocycles. The summed E-state index contributed by atoms with van der Waals surface area (Å²) in [5.41, 5.74) is 0.952. The topological polar surface area (TPSA) is 65.0 Å². The normalized spacial score (nSPS) is 16.8. The Balaban J connectivity index is 1.89. The van der Waals surface area contributed by atoms with Crippen LogP contribution in [0.5, 0.6) is 0 Å². The molecule has 0 bridgehead atoms. The summed E-state index contributed by atoms with van der Waals surface area (Å²) in [7, 11) is -3.01. The maximum atomic E-state index is 13.6. The van der Waals surface area contributed by atoms with Gasteiger partial charge in [0.15, 0.2) is 5.96 Å². The second-order valence-electron chi connectivity index (χ2n) is 6.38. The molecule has 0 aromatic heterocycles. The molecule has 146 valence electrons. The van der Waals surface area contributed by atoms with Crippen molar-refractivity contribution < 1.29 is 12.8 Å².